The zero-order valence-corrected chi connectivity index (χ0v) is 9.10. The summed E-state index contributed by atoms with van der Waals surface area (Å²) >= 11 is 0. The van der Waals surface area contributed by atoms with Crippen molar-refractivity contribution in [3.8, 4) is 0 Å². The molecule has 0 radical (unpaired) electrons. The molecule has 0 spiro atoms. The Kier molecular flexibility index (Phi) is 5.14. The van der Waals surface area contributed by atoms with E-state index in [2.05, 4.69) is 25.2 Å². The van der Waals surface area contributed by atoms with Gasteiger partial charge in [-0.05, 0) is 32.2 Å². The third kappa shape index (κ3) is 3.51. The van der Waals surface area contributed by atoms with Crippen LogP contribution < -0.4 is 5.32 Å². The van der Waals surface area contributed by atoms with E-state index in [-0.39, 0.29) is 0 Å². The summed E-state index contributed by atoms with van der Waals surface area (Å²) in [5.41, 5.74) is 1.68. The number of hydrogen-bond donors (Lipinski definition) is 1. The van der Waals surface area contributed by atoms with E-state index >= 15 is 0 Å². The zero-order chi connectivity index (χ0) is 9.52. The van der Waals surface area contributed by atoms with Crippen molar-refractivity contribution >= 4 is 0 Å². The molecule has 1 nitrogen and oxygen atoms in total. The largest absolute Gasteiger partial charge is 0.311 e. The van der Waals surface area contributed by atoms with Gasteiger partial charge in [-0.2, -0.15) is 0 Å². The average Bonchev–Trinajstić information content (AvgIpc) is 2.65. The molecule has 1 atom stereocenters. The van der Waals surface area contributed by atoms with E-state index < -0.39 is 0 Å². The highest BCUT2D eigenvalue weighted by molar-refractivity contribution is 5.14. The summed E-state index contributed by atoms with van der Waals surface area (Å²) in [6.45, 7) is 5.58. The van der Waals surface area contributed by atoms with Crippen molar-refractivity contribution in [2.75, 3.05) is 6.54 Å². The summed E-state index contributed by atoms with van der Waals surface area (Å²) < 4.78 is 0. The lowest BCUT2D eigenvalue weighted by Crippen LogP contribution is -2.30. The SMILES string of the molecule is CCCCC(NCC)C1=CCCC1. The van der Waals surface area contributed by atoms with Gasteiger partial charge < -0.3 is 5.32 Å². The third-order valence-corrected chi connectivity index (χ3v) is 2.82. The Morgan fingerprint density at radius 1 is 1.46 bits per heavy atom. The van der Waals surface area contributed by atoms with Crippen molar-refractivity contribution in [3.05, 3.63) is 11.6 Å². The highest BCUT2D eigenvalue weighted by atomic mass is 14.9. The van der Waals surface area contributed by atoms with E-state index in [1.165, 1.54) is 38.5 Å². The molecule has 1 aliphatic carbocycles. The minimum atomic E-state index is 0.687. The zero-order valence-electron chi connectivity index (χ0n) is 9.10. The Morgan fingerprint density at radius 3 is 2.85 bits per heavy atom. The lowest BCUT2D eigenvalue weighted by Gasteiger charge is -2.18. The second kappa shape index (κ2) is 6.20. The smallest absolute Gasteiger partial charge is 0.0279 e. The first-order valence-corrected chi connectivity index (χ1v) is 5.80. The molecule has 13 heavy (non-hydrogen) atoms. The number of nitrogens with one attached hydrogen (secondary N) is 1. The van der Waals surface area contributed by atoms with Crippen molar-refractivity contribution < 1.29 is 0 Å². The van der Waals surface area contributed by atoms with Crippen LogP contribution in [0.4, 0.5) is 0 Å². The van der Waals surface area contributed by atoms with Gasteiger partial charge in [0.1, 0.15) is 0 Å². The quantitative estimate of drug-likeness (QED) is 0.620. The van der Waals surface area contributed by atoms with Crippen LogP contribution in [-0.2, 0) is 0 Å². The summed E-state index contributed by atoms with van der Waals surface area (Å²) in [5, 5.41) is 3.59. The maximum Gasteiger partial charge on any atom is 0.0279 e. The number of hydrogen-bond acceptors (Lipinski definition) is 1. The number of unbranched alkanes of at least 4 members (excludes halogenated alkanes) is 1. The van der Waals surface area contributed by atoms with E-state index in [1.807, 2.05) is 0 Å². The van der Waals surface area contributed by atoms with Gasteiger partial charge in [-0.3, -0.25) is 0 Å². The first kappa shape index (κ1) is 10.8. The van der Waals surface area contributed by atoms with E-state index in [9.17, 15) is 0 Å². The molecule has 0 amide bonds. The van der Waals surface area contributed by atoms with E-state index in [0.29, 0.717) is 6.04 Å². The van der Waals surface area contributed by atoms with Gasteiger partial charge in [-0.1, -0.05) is 38.3 Å². The van der Waals surface area contributed by atoms with E-state index in [4.69, 9.17) is 0 Å². The van der Waals surface area contributed by atoms with Crippen LogP contribution in [0.3, 0.4) is 0 Å². The van der Waals surface area contributed by atoms with Gasteiger partial charge in [0.25, 0.3) is 0 Å². The molecular formula is C12H23N. The normalized spacial score (nSPS) is 18.8. The Balaban J connectivity index is 2.36. The third-order valence-electron chi connectivity index (χ3n) is 2.82. The van der Waals surface area contributed by atoms with Gasteiger partial charge >= 0.3 is 0 Å². The molecule has 1 unspecified atom stereocenters. The maximum absolute atomic E-state index is 3.59. The van der Waals surface area contributed by atoms with Crippen molar-refractivity contribution in [1.29, 1.82) is 0 Å². The molecule has 0 saturated carbocycles. The van der Waals surface area contributed by atoms with Gasteiger partial charge in [-0.25, -0.2) is 0 Å². The predicted octanol–water partition coefficient (Wildman–Crippen LogP) is 3.27. The molecule has 0 aromatic rings. The van der Waals surface area contributed by atoms with Crippen molar-refractivity contribution in [2.24, 2.45) is 0 Å². The first-order valence-electron chi connectivity index (χ1n) is 5.80. The Hall–Kier alpha value is -0.300. The monoisotopic (exact) mass is 181 g/mol. The summed E-state index contributed by atoms with van der Waals surface area (Å²) in [7, 11) is 0. The standard InChI is InChI=1S/C12H23N/c1-3-5-10-12(13-4-2)11-8-6-7-9-11/h8,12-13H,3-7,9-10H2,1-2H3. The molecule has 1 rings (SSSR count). The molecule has 0 fully saturated rings. The molecule has 0 aliphatic heterocycles. The molecule has 76 valence electrons. The fraction of sp³-hybridized carbons (Fsp3) is 0.833. The fourth-order valence-corrected chi connectivity index (χ4v) is 2.09. The molecule has 1 heteroatoms. The summed E-state index contributed by atoms with van der Waals surface area (Å²) in [4.78, 5) is 0. The lowest BCUT2D eigenvalue weighted by atomic mass is 10.0. The number of likely N-dealkylation sites (N-methyl/N-ethyl adjacent to an activating group) is 1. The molecular weight excluding hydrogens is 158 g/mol. The van der Waals surface area contributed by atoms with Crippen LogP contribution in [0.5, 0.6) is 0 Å². The number of rotatable bonds is 6. The van der Waals surface area contributed by atoms with Gasteiger partial charge in [0.15, 0.2) is 0 Å². The fourth-order valence-electron chi connectivity index (χ4n) is 2.09. The van der Waals surface area contributed by atoms with Gasteiger partial charge in [0.2, 0.25) is 0 Å². The van der Waals surface area contributed by atoms with Crippen LogP contribution in [0.1, 0.15) is 52.4 Å². The predicted molar refractivity (Wildman–Crippen MR) is 58.9 cm³/mol. The van der Waals surface area contributed by atoms with Crippen LogP contribution in [0.15, 0.2) is 11.6 Å². The number of allylic oxidation sites excluding steroid dienone is 1. The summed E-state index contributed by atoms with van der Waals surface area (Å²) in [5.74, 6) is 0. The van der Waals surface area contributed by atoms with Crippen molar-refractivity contribution in [1.82, 2.24) is 5.32 Å². The molecule has 0 heterocycles. The van der Waals surface area contributed by atoms with Gasteiger partial charge in [0, 0.05) is 6.04 Å². The highest BCUT2D eigenvalue weighted by Crippen LogP contribution is 2.23. The lowest BCUT2D eigenvalue weighted by molar-refractivity contribution is 0.519. The topological polar surface area (TPSA) is 12.0 Å². The minimum absolute atomic E-state index is 0.687. The maximum atomic E-state index is 3.59. The van der Waals surface area contributed by atoms with Crippen LogP contribution >= 0.6 is 0 Å². The molecule has 0 bridgehead atoms. The van der Waals surface area contributed by atoms with E-state index in [1.54, 1.807) is 5.57 Å². The van der Waals surface area contributed by atoms with Crippen LogP contribution in [0.2, 0.25) is 0 Å². The second-order valence-corrected chi connectivity index (χ2v) is 3.92. The highest BCUT2D eigenvalue weighted by Gasteiger charge is 2.14. The van der Waals surface area contributed by atoms with E-state index in [0.717, 1.165) is 6.54 Å². The second-order valence-electron chi connectivity index (χ2n) is 3.92. The molecule has 0 aromatic carbocycles. The van der Waals surface area contributed by atoms with Crippen LogP contribution in [-0.4, -0.2) is 12.6 Å². The average molecular weight is 181 g/mol. The Morgan fingerprint density at radius 2 is 2.31 bits per heavy atom. The van der Waals surface area contributed by atoms with Crippen LogP contribution in [0, 0.1) is 0 Å². The Bertz CT molecular complexity index is 161. The first-order chi connectivity index (χ1) is 6.38. The van der Waals surface area contributed by atoms with Crippen molar-refractivity contribution in [3.63, 3.8) is 0 Å². The Labute approximate surface area is 82.6 Å². The molecule has 1 aliphatic rings. The minimum Gasteiger partial charge on any atom is -0.311 e. The van der Waals surface area contributed by atoms with Gasteiger partial charge in [-0.15, -0.1) is 0 Å². The summed E-state index contributed by atoms with van der Waals surface area (Å²) in [6.07, 6.45) is 10.5. The molecule has 1 N–H and O–H groups in total. The van der Waals surface area contributed by atoms with Crippen molar-refractivity contribution in [2.45, 2.75) is 58.4 Å². The molecule has 0 saturated heterocycles. The molecule has 0 aromatic heterocycles. The van der Waals surface area contributed by atoms with Crippen LogP contribution in [0.25, 0.3) is 0 Å². The summed E-state index contributed by atoms with van der Waals surface area (Å²) in [6, 6.07) is 0.687. The van der Waals surface area contributed by atoms with Gasteiger partial charge in [0.05, 0.1) is 0 Å².